The predicted octanol–water partition coefficient (Wildman–Crippen LogP) is 3.47. The van der Waals surface area contributed by atoms with Crippen molar-refractivity contribution in [2.75, 3.05) is 11.9 Å². The van der Waals surface area contributed by atoms with Crippen LogP contribution in [0.1, 0.15) is 0 Å². The van der Waals surface area contributed by atoms with Gasteiger partial charge in [-0.05, 0) is 24.2 Å². The largest absolute Gasteiger partial charge is 0.358 e. The van der Waals surface area contributed by atoms with Crippen LogP contribution in [-0.2, 0) is 11.5 Å². The molecule has 7 heteroatoms. The van der Waals surface area contributed by atoms with Gasteiger partial charge in [-0.3, -0.25) is 0 Å². The van der Waals surface area contributed by atoms with Crippen LogP contribution < -0.4 is 5.32 Å². The molecular formula is C14H21FN4OSi. The molecule has 0 atom stereocenters. The Balaban J connectivity index is 1.81. The predicted molar refractivity (Wildman–Crippen MR) is 83.8 cm³/mol. The van der Waals surface area contributed by atoms with Crippen molar-refractivity contribution in [2.24, 2.45) is 0 Å². The minimum atomic E-state index is -1.07. The minimum Gasteiger partial charge on any atom is -0.358 e. The molecule has 0 aliphatic carbocycles. The lowest BCUT2D eigenvalue weighted by molar-refractivity contribution is 0.0687. The van der Waals surface area contributed by atoms with Gasteiger partial charge in [0.15, 0.2) is 12.5 Å². The summed E-state index contributed by atoms with van der Waals surface area (Å²) in [5.74, 6) is 0.275. The molecule has 2 rings (SSSR count). The summed E-state index contributed by atoms with van der Waals surface area (Å²) in [7, 11) is -1.07. The Kier molecular flexibility index (Phi) is 5.08. The molecule has 114 valence electrons. The Labute approximate surface area is 125 Å². The number of rotatable bonds is 7. The third-order valence-corrected chi connectivity index (χ3v) is 4.54. The van der Waals surface area contributed by atoms with E-state index in [4.69, 9.17) is 4.74 Å². The van der Waals surface area contributed by atoms with E-state index in [1.807, 2.05) is 0 Å². The van der Waals surface area contributed by atoms with Crippen molar-refractivity contribution in [3.05, 3.63) is 36.3 Å². The summed E-state index contributed by atoms with van der Waals surface area (Å²) in [5.41, 5.74) is 0.640. The van der Waals surface area contributed by atoms with Crippen LogP contribution in [0.15, 0.2) is 30.5 Å². The number of ether oxygens (including phenoxy) is 1. The monoisotopic (exact) mass is 308 g/mol. The van der Waals surface area contributed by atoms with Crippen molar-refractivity contribution in [1.82, 2.24) is 15.0 Å². The number of aromatic nitrogens is 3. The molecule has 21 heavy (non-hydrogen) atoms. The summed E-state index contributed by atoms with van der Waals surface area (Å²) in [5, 5.41) is 11.3. The molecule has 0 amide bonds. The number of anilines is 2. The van der Waals surface area contributed by atoms with Crippen molar-refractivity contribution in [2.45, 2.75) is 32.4 Å². The summed E-state index contributed by atoms with van der Waals surface area (Å²) in [4.78, 5) is 1.48. The molecule has 0 aliphatic rings. The fourth-order valence-corrected chi connectivity index (χ4v) is 2.41. The van der Waals surface area contributed by atoms with Crippen LogP contribution in [0, 0.1) is 5.82 Å². The quantitative estimate of drug-likeness (QED) is 0.628. The van der Waals surface area contributed by atoms with Crippen molar-refractivity contribution < 1.29 is 9.13 Å². The maximum absolute atomic E-state index is 13.1. The number of nitrogens with zero attached hydrogens (tertiary/aromatic N) is 3. The second-order valence-electron chi connectivity index (χ2n) is 6.09. The molecular weight excluding hydrogens is 287 g/mol. The summed E-state index contributed by atoms with van der Waals surface area (Å²) in [6, 6.07) is 7.33. The van der Waals surface area contributed by atoms with Gasteiger partial charge in [-0.15, -0.1) is 5.10 Å². The zero-order chi connectivity index (χ0) is 15.3. The van der Waals surface area contributed by atoms with E-state index in [1.165, 1.54) is 16.9 Å². The van der Waals surface area contributed by atoms with Crippen LogP contribution in [0.25, 0.3) is 0 Å². The summed E-state index contributed by atoms with van der Waals surface area (Å²) >= 11 is 0. The van der Waals surface area contributed by atoms with Gasteiger partial charge < -0.3 is 10.1 Å². The highest BCUT2D eigenvalue weighted by molar-refractivity contribution is 6.76. The molecule has 1 aromatic heterocycles. The Morgan fingerprint density at radius 2 is 2.14 bits per heavy atom. The molecule has 0 saturated carbocycles. The first-order valence-corrected chi connectivity index (χ1v) is 10.6. The van der Waals surface area contributed by atoms with E-state index in [1.54, 1.807) is 18.3 Å². The summed E-state index contributed by atoms with van der Waals surface area (Å²) in [6.45, 7) is 7.98. The van der Waals surface area contributed by atoms with Crippen LogP contribution in [0.2, 0.25) is 25.7 Å². The average molecular weight is 308 g/mol. The first-order chi connectivity index (χ1) is 9.92. The van der Waals surface area contributed by atoms with Crippen molar-refractivity contribution in [1.29, 1.82) is 0 Å². The van der Waals surface area contributed by atoms with E-state index in [9.17, 15) is 4.39 Å². The molecule has 5 nitrogen and oxygen atoms in total. The summed E-state index contributed by atoms with van der Waals surface area (Å²) in [6.07, 6.45) is 1.59. The number of nitrogens with one attached hydrogen (secondary N) is 1. The molecule has 1 aromatic carbocycles. The molecule has 0 radical (unpaired) electrons. The normalized spacial score (nSPS) is 11.6. The van der Waals surface area contributed by atoms with Gasteiger partial charge in [-0.2, -0.15) is 9.90 Å². The Bertz CT molecular complexity index is 582. The molecule has 1 heterocycles. The minimum absolute atomic E-state index is 0.290. The highest BCUT2D eigenvalue weighted by Crippen LogP contribution is 2.14. The van der Waals surface area contributed by atoms with Crippen molar-refractivity contribution in [3.63, 3.8) is 0 Å². The van der Waals surface area contributed by atoms with Gasteiger partial charge in [-0.1, -0.05) is 25.7 Å². The highest BCUT2D eigenvalue weighted by Gasteiger charge is 2.12. The highest BCUT2D eigenvalue weighted by atomic mass is 28.3. The maximum atomic E-state index is 13.1. The molecule has 0 saturated heterocycles. The Morgan fingerprint density at radius 3 is 2.86 bits per heavy atom. The Hall–Kier alpha value is -1.73. The molecule has 0 unspecified atom stereocenters. The van der Waals surface area contributed by atoms with Gasteiger partial charge >= 0.3 is 0 Å². The zero-order valence-electron chi connectivity index (χ0n) is 12.6. The van der Waals surface area contributed by atoms with E-state index in [0.717, 1.165) is 12.7 Å². The third-order valence-electron chi connectivity index (χ3n) is 2.84. The fraction of sp³-hybridized carbons (Fsp3) is 0.429. The van der Waals surface area contributed by atoms with Crippen molar-refractivity contribution in [3.8, 4) is 0 Å². The van der Waals surface area contributed by atoms with Gasteiger partial charge in [0.25, 0.3) is 0 Å². The van der Waals surface area contributed by atoms with E-state index in [2.05, 4.69) is 35.2 Å². The van der Waals surface area contributed by atoms with E-state index in [0.29, 0.717) is 18.2 Å². The third kappa shape index (κ3) is 5.64. The number of benzene rings is 1. The zero-order valence-corrected chi connectivity index (χ0v) is 13.6. The molecule has 0 bridgehead atoms. The van der Waals surface area contributed by atoms with Crippen LogP contribution in [0.3, 0.4) is 0 Å². The average Bonchev–Trinajstić information content (AvgIpc) is 2.81. The molecule has 0 fully saturated rings. The lowest BCUT2D eigenvalue weighted by atomic mass is 10.3. The molecule has 1 N–H and O–H groups in total. The first-order valence-electron chi connectivity index (χ1n) is 6.93. The second-order valence-corrected chi connectivity index (χ2v) is 11.7. The lowest BCUT2D eigenvalue weighted by Gasteiger charge is -2.14. The van der Waals surface area contributed by atoms with Gasteiger partial charge in [0.2, 0.25) is 0 Å². The summed E-state index contributed by atoms with van der Waals surface area (Å²) < 4.78 is 18.6. The second kappa shape index (κ2) is 6.82. The van der Waals surface area contributed by atoms with E-state index < -0.39 is 8.07 Å². The number of halogens is 1. The maximum Gasteiger partial charge on any atom is 0.173 e. The standard InChI is InChI=1S/C14H21FN4OSi/c1-21(2,3)8-7-20-11-19-16-10-14(18-19)17-13-6-4-5-12(15)9-13/h4-6,9-10H,7-8,11H2,1-3H3,(H,17,18). The fourth-order valence-electron chi connectivity index (χ4n) is 1.66. The van der Waals surface area contributed by atoms with Crippen LogP contribution in [0.5, 0.6) is 0 Å². The SMILES string of the molecule is C[Si](C)(C)CCOCn1ncc(Nc2cccc(F)c2)n1. The number of hydrogen-bond donors (Lipinski definition) is 1. The molecule has 2 aromatic rings. The molecule has 0 spiro atoms. The van der Waals surface area contributed by atoms with Gasteiger partial charge in [0, 0.05) is 20.4 Å². The van der Waals surface area contributed by atoms with Gasteiger partial charge in [0.1, 0.15) is 5.82 Å². The van der Waals surface area contributed by atoms with Crippen LogP contribution in [-0.4, -0.2) is 29.7 Å². The Morgan fingerprint density at radius 1 is 1.33 bits per heavy atom. The van der Waals surface area contributed by atoms with E-state index in [-0.39, 0.29) is 5.82 Å². The number of hydrogen-bond acceptors (Lipinski definition) is 4. The van der Waals surface area contributed by atoms with Gasteiger partial charge in [0.05, 0.1) is 6.20 Å². The van der Waals surface area contributed by atoms with Gasteiger partial charge in [-0.25, -0.2) is 4.39 Å². The van der Waals surface area contributed by atoms with Crippen LogP contribution >= 0.6 is 0 Å². The van der Waals surface area contributed by atoms with Crippen LogP contribution in [0.4, 0.5) is 15.9 Å². The topological polar surface area (TPSA) is 52.0 Å². The molecule has 0 aliphatic heterocycles. The van der Waals surface area contributed by atoms with E-state index >= 15 is 0 Å². The smallest absolute Gasteiger partial charge is 0.173 e. The first kappa shape index (κ1) is 15.7. The van der Waals surface area contributed by atoms with Crippen molar-refractivity contribution >= 4 is 19.6 Å². The lowest BCUT2D eigenvalue weighted by Crippen LogP contribution is -2.22.